The van der Waals surface area contributed by atoms with E-state index in [1.807, 2.05) is 0 Å². The minimum atomic E-state index is -0.382. The van der Waals surface area contributed by atoms with Crippen LogP contribution in [0.2, 0.25) is 0 Å². The molecule has 2 amide bonds. The van der Waals surface area contributed by atoms with Gasteiger partial charge >= 0.3 is 0 Å². The van der Waals surface area contributed by atoms with Crippen molar-refractivity contribution in [3.8, 4) is 0 Å². The van der Waals surface area contributed by atoms with E-state index >= 15 is 0 Å². The average Bonchev–Trinajstić information content (AvgIpc) is 2.63. The van der Waals surface area contributed by atoms with Crippen LogP contribution in [0.5, 0.6) is 0 Å². The highest BCUT2D eigenvalue weighted by Crippen LogP contribution is 2.19. The second-order valence-corrected chi connectivity index (χ2v) is 7.17. The fourth-order valence-electron chi connectivity index (χ4n) is 1.90. The Morgan fingerprint density at radius 3 is 2.69 bits per heavy atom. The number of hydrogen-bond donors (Lipinski definition) is 2. The van der Waals surface area contributed by atoms with E-state index < -0.39 is 0 Å². The van der Waals surface area contributed by atoms with Gasteiger partial charge in [0.05, 0.1) is 4.47 Å². The van der Waals surface area contributed by atoms with Crippen LogP contribution in [0.4, 0.5) is 10.1 Å². The molecule has 26 heavy (non-hydrogen) atoms. The van der Waals surface area contributed by atoms with Crippen LogP contribution < -0.4 is 10.6 Å². The predicted molar refractivity (Wildman–Crippen MR) is 103 cm³/mol. The fraction of sp³-hybridized carbons (Fsp3) is 0.294. The normalized spacial score (nSPS) is 10.4. The summed E-state index contributed by atoms with van der Waals surface area (Å²) in [5.74, 6) is -0.168. The average molecular weight is 441 g/mol. The molecule has 1 aromatic heterocycles. The van der Waals surface area contributed by atoms with Gasteiger partial charge in [-0.2, -0.15) is 0 Å². The summed E-state index contributed by atoms with van der Waals surface area (Å²) in [5, 5.41) is 5.83. The first-order valence-electron chi connectivity index (χ1n) is 7.98. The van der Waals surface area contributed by atoms with Crippen molar-refractivity contribution in [3.05, 3.63) is 46.4 Å². The van der Waals surface area contributed by atoms with Gasteiger partial charge in [-0.3, -0.25) is 9.59 Å². The van der Waals surface area contributed by atoms with Crippen molar-refractivity contribution in [1.29, 1.82) is 0 Å². The Morgan fingerprint density at radius 2 is 2.00 bits per heavy atom. The molecule has 2 N–H and O–H groups in total. The van der Waals surface area contributed by atoms with Gasteiger partial charge in [0.2, 0.25) is 5.91 Å². The number of carbonyl (C=O) groups excluding carboxylic acids is 2. The molecule has 0 aliphatic heterocycles. The summed E-state index contributed by atoms with van der Waals surface area (Å²) in [6.45, 7) is 2.20. The van der Waals surface area contributed by atoms with E-state index in [1.54, 1.807) is 6.20 Å². The van der Waals surface area contributed by atoms with Crippen LogP contribution >= 0.6 is 27.7 Å². The second-order valence-electron chi connectivity index (χ2n) is 5.26. The third kappa shape index (κ3) is 6.38. The topological polar surface area (TPSA) is 84.0 Å². The molecular weight excluding hydrogens is 423 g/mol. The van der Waals surface area contributed by atoms with Gasteiger partial charge in [-0.05, 0) is 46.6 Å². The van der Waals surface area contributed by atoms with Crippen LogP contribution in [0.1, 0.15) is 30.3 Å². The maximum Gasteiger partial charge on any atom is 0.271 e. The first kappa shape index (κ1) is 20.3. The molecule has 0 atom stereocenters. The number of aromatic nitrogens is 2. The molecule has 0 unspecified atom stereocenters. The molecule has 0 saturated heterocycles. The highest BCUT2D eigenvalue weighted by atomic mass is 79.9. The number of amides is 2. The SMILES string of the molecule is CCCSc1ncc(Br)c(C(=O)NCCC(=O)Nc2ccc(F)cc2)n1. The molecule has 1 aromatic carbocycles. The summed E-state index contributed by atoms with van der Waals surface area (Å²) in [4.78, 5) is 32.5. The summed E-state index contributed by atoms with van der Waals surface area (Å²) < 4.78 is 13.3. The largest absolute Gasteiger partial charge is 0.350 e. The minimum absolute atomic E-state index is 0.0866. The molecule has 0 aliphatic carbocycles. The number of hydrogen-bond acceptors (Lipinski definition) is 5. The molecular formula is C17H18BrFN4O2S. The zero-order chi connectivity index (χ0) is 18.9. The Labute approximate surface area is 163 Å². The van der Waals surface area contributed by atoms with Crippen molar-refractivity contribution >= 4 is 45.2 Å². The molecule has 0 radical (unpaired) electrons. The lowest BCUT2D eigenvalue weighted by Gasteiger charge is -2.08. The van der Waals surface area contributed by atoms with E-state index in [-0.39, 0.29) is 36.3 Å². The third-order valence-corrected chi connectivity index (χ3v) is 4.79. The molecule has 0 spiro atoms. The fourth-order valence-corrected chi connectivity index (χ4v) is 2.94. The molecule has 0 saturated carbocycles. The molecule has 6 nitrogen and oxygen atoms in total. The summed E-state index contributed by atoms with van der Waals surface area (Å²) in [5.41, 5.74) is 0.733. The van der Waals surface area contributed by atoms with Gasteiger partial charge in [0.1, 0.15) is 11.5 Å². The van der Waals surface area contributed by atoms with Crippen molar-refractivity contribution in [2.75, 3.05) is 17.6 Å². The maximum absolute atomic E-state index is 12.8. The quantitative estimate of drug-likeness (QED) is 0.483. The van der Waals surface area contributed by atoms with Crippen molar-refractivity contribution in [2.45, 2.75) is 24.9 Å². The van der Waals surface area contributed by atoms with Crippen LogP contribution in [-0.4, -0.2) is 34.1 Å². The van der Waals surface area contributed by atoms with Gasteiger partial charge in [-0.1, -0.05) is 18.7 Å². The smallest absolute Gasteiger partial charge is 0.271 e. The number of rotatable bonds is 8. The van der Waals surface area contributed by atoms with Gasteiger partial charge in [-0.25, -0.2) is 14.4 Å². The summed E-state index contributed by atoms with van der Waals surface area (Å²) in [7, 11) is 0. The van der Waals surface area contributed by atoms with Crippen LogP contribution in [0.3, 0.4) is 0 Å². The standard InChI is InChI=1S/C17H18BrFN4O2S/c1-2-9-26-17-21-10-13(18)15(23-17)16(25)20-8-7-14(24)22-12-5-3-11(19)4-6-12/h3-6,10H,2,7-9H2,1H3,(H,20,25)(H,22,24). The Morgan fingerprint density at radius 1 is 1.27 bits per heavy atom. The first-order valence-corrected chi connectivity index (χ1v) is 9.76. The number of thioether (sulfide) groups is 1. The zero-order valence-electron chi connectivity index (χ0n) is 14.1. The Kier molecular flexibility index (Phi) is 7.99. The lowest BCUT2D eigenvalue weighted by Crippen LogP contribution is -2.28. The number of anilines is 1. The van der Waals surface area contributed by atoms with E-state index in [4.69, 9.17) is 0 Å². The third-order valence-electron chi connectivity index (χ3n) is 3.14. The van der Waals surface area contributed by atoms with E-state index in [9.17, 15) is 14.0 Å². The molecule has 0 fully saturated rings. The molecule has 2 aromatic rings. The summed E-state index contributed by atoms with van der Waals surface area (Å²) >= 11 is 4.74. The lowest BCUT2D eigenvalue weighted by molar-refractivity contribution is -0.116. The number of nitrogens with one attached hydrogen (secondary N) is 2. The molecule has 1 heterocycles. The summed E-state index contributed by atoms with van der Waals surface area (Å²) in [6.07, 6.45) is 2.61. The van der Waals surface area contributed by atoms with Crippen molar-refractivity contribution in [1.82, 2.24) is 15.3 Å². The number of halogens is 2. The van der Waals surface area contributed by atoms with Gasteiger partial charge in [0.15, 0.2) is 5.16 Å². The lowest BCUT2D eigenvalue weighted by atomic mass is 10.3. The van der Waals surface area contributed by atoms with Crippen molar-refractivity contribution in [2.24, 2.45) is 0 Å². The van der Waals surface area contributed by atoms with Gasteiger partial charge in [-0.15, -0.1) is 0 Å². The van der Waals surface area contributed by atoms with Gasteiger partial charge in [0.25, 0.3) is 5.91 Å². The second kappa shape index (κ2) is 10.2. The van der Waals surface area contributed by atoms with Crippen LogP contribution in [0.15, 0.2) is 40.1 Å². The van der Waals surface area contributed by atoms with E-state index in [0.717, 1.165) is 12.2 Å². The predicted octanol–water partition coefficient (Wildman–Crippen LogP) is 3.64. The van der Waals surface area contributed by atoms with Crippen LogP contribution in [0, 0.1) is 5.82 Å². The van der Waals surface area contributed by atoms with Crippen LogP contribution in [-0.2, 0) is 4.79 Å². The Balaban J connectivity index is 1.84. The summed E-state index contributed by atoms with van der Waals surface area (Å²) in [6, 6.07) is 5.47. The molecule has 0 aliphatic rings. The maximum atomic E-state index is 12.8. The molecule has 0 bridgehead atoms. The van der Waals surface area contributed by atoms with Crippen molar-refractivity contribution in [3.63, 3.8) is 0 Å². The number of nitrogens with zero attached hydrogens (tertiary/aromatic N) is 2. The number of carbonyl (C=O) groups is 2. The molecule has 9 heteroatoms. The number of benzene rings is 1. The van der Waals surface area contributed by atoms with Crippen LogP contribution in [0.25, 0.3) is 0 Å². The minimum Gasteiger partial charge on any atom is -0.350 e. The van der Waals surface area contributed by atoms with Gasteiger partial charge < -0.3 is 10.6 Å². The van der Waals surface area contributed by atoms with Crippen molar-refractivity contribution < 1.29 is 14.0 Å². The van der Waals surface area contributed by atoms with Gasteiger partial charge in [0, 0.05) is 30.6 Å². The highest BCUT2D eigenvalue weighted by molar-refractivity contribution is 9.10. The zero-order valence-corrected chi connectivity index (χ0v) is 16.5. The molecule has 2 rings (SSSR count). The monoisotopic (exact) mass is 440 g/mol. The van der Waals surface area contributed by atoms with E-state index in [2.05, 4.69) is 43.5 Å². The molecule has 138 valence electrons. The van der Waals surface area contributed by atoms with E-state index in [1.165, 1.54) is 36.0 Å². The van der Waals surface area contributed by atoms with E-state index in [0.29, 0.717) is 15.3 Å². The highest BCUT2D eigenvalue weighted by Gasteiger charge is 2.14. The Hall–Kier alpha value is -2.00. The Bertz CT molecular complexity index is 774. The first-order chi connectivity index (χ1) is 12.5.